The lowest BCUT2D eigenvalue weighted by atomic mass is 10.1. The zero-order valence-corrected chi connectivity index (χ0v) is 19.9. The summed E-state index contributed by atoms with van der Waals surface area (Å²) >= 11 is 6.17. The molecule has 2 aliphatic heterocycles. The van der Waals surface area contributed by atoms with Gasteiger partial charge in [-0.1, -0.05) is 29.8 Å². The molecule has 1 saturated heterocycles. The molecular formula is C23H26ClN3O5S. The average molecular weight is 492 g/mol. The summed E-state index contributed by atoms with van der Waals surface area (Å²) in [5, 5.41) is 3.52. The molecule has 33 heavy (non-hydrogen) atoms. The molecule has 2 aromatic rings. The van der Waals surface area contributed by atoms with Crippen LogP contribution in [0.15, 0.2) is 47.4 Å². The number of nitrogens with zero attached hydrogens (tertiary/aromatic N) is 2. The standard InChI is InChI=1S/C23H26ClN3O5S/c1-16(28)27-21-7-6-19(33(30,31)26-10-12-32-13-11-26)14-18(21)15-22(27)23(29)25-9-8-17-4-2-3-5-20(17)24/h2-7,14,22H,8-13,15H2,1H3,(H,25,29)/t22-/m1/s1. The number of benzene rings is 2. The van der Waals surface area contributed by atoms with Crippen molar-refractivity contribution in [3.8, 4) is 0 Å². The van der Waals surface area contributed by atoms with Gasteiger partial charge in [0.2, 0.25) is 21.8 Å². The Bertz CT molecular complexity index is 1160. The molecule has 0 bridgehead atoms. The molecule has 2 amide bonds. The summed E-state index contributed by atoms with van der Waals surface area (Å²) in [5.74, 6) is -0.560. The highest BCUT2D eigenvalue weighted by atomic mass is 35.5. The van der Waals surface area contributed by atoms with E-state index >= 15 is 0 Å². The highest BCUT2D eigenvalue weighted by Gasteiger charge is 2.38. The molecule has 1 N–H and O–H groups in total. The van der Waals surface area contributed by atoms with E-state index in [0.717, 1.165) is 5.56 Å². The fourth-order valence-corrected chi connectivity index (χ4v) is 5.95. The second-order valence-electron chi connectivity index (χ2n) is 8.05. The number of sulfonamides is 1. The van der Waals surface area contributed by atoms with E-state index in [4.69, 9.17) is 16.3 Å². The quantitative estimate of drug-likeness (QED) is 0.666. The van der Waals surface area contributed by atoms with Crippen LogP contribution in [0.5, 0.6) is 0 Å². The fraction of sp³-hybridized carbons (Fsp3) is 0.391. The molecule has 2 aliphatic rings. The van der Waals surface area contributed by atoms with Crippen molar-refractivity contribution in [2.24, 2.45) is 0 Å². The molecule has 10 heteroatoms. The first-order chi connectivity index (χ1) is 15.8. The monoisotopic (exact) mass is 491 g/mol. The third kappa shape index (κ3) is 4.91. The van der Waals surface area contributed by atoms with Gasteiger partial charge in [0.25, 0.3) is 0 Å². The number of morpholine rings is 1. The number of rotatable bonds is 6. The van der Waals surface area contributed by atoms with Crippen LogP contribution in [0.3, 0.4) is 0 Å². The number of carbonyl (C=O) groups excluding carboxylic acids is 2. The van der Waals surface area contributed by atoms with Crippen LogP contribution < -0.4 is 10.2 Å². The van der Waals surface area contributed by atoms with E-state index in [9.17, 15) is 18.0 Å². The van der Waals surface area contributed by atoms with Gasteiger partial charge >= 0.3 is 0 Å². The molecule has 4 rings (SSSR count). The number of ether oxygens (including phenoxy) is 1. The summed E-state index contributed by atoms with van der Waals surface area (Å²) < 4.78 is 32.7. The molecule has 0 aromatic heterocycles. The third-order valence-electron chi connectivity index (χ3n) is 5.94. The first-order valence-corrected chi connectivity index (χ1v) is 12.6. The van der Waals surface area contributed by atoms with E-state index in [1.807, 2.05) is 18.2 Å². The van der Waals surface area contributed by atoms with Crippen molar-refractivity contribution in [3.05, 3.63) is 58.6 Å². The van der Waals surface area contributed by atoms with Gasteiger partial charge in [-0.15, -0.1) is 0 Å². The van der Waals surface area contributed by atoms with Crippen LogP contribution in [-0.4, -0.2) is 63.4 Å². The van der Waals surface area contributed by atoms with Gasteiger partial charge in [-0.25, -0.2) is 8.42 Å². The van der Waals surface area contributed by atoms with E-state index in [-0.39, 0.29) is 23.1 Å². The van der Waals surface area contributed by atoms with E-state index in [1.54, 1.807) is 18.2 Å². The van der Waals surface area contributed by atoms with Gasteiger partial charge in [0.05, 0.1) is 18.1 Å². The van der Waals surface area contributed by atoms with E-state index in [1.165, 1.54) is 22.2 Å². The average Bonchev–Trinajstić information content (AvgIpc) is 3.20. The number of carbonyl (C=O) groups is 2. The van der Waals surface area contributed by atoms with E-state index < -0.39 is 16.1 Å². The molecule has 0 unspecified atom stereocenters. The molecular weight excluding hydrogens is 466 g/mol. The number of fused-ring (bicyclic) bond motifs is 1. The Labute approximate surface area is 198 Å². The zero-order chi connectivity index (χ0) is 23.6. The lowest BCUT2D eigenvalue weighted by molar-refractivity contribution is -0.125. The van der Waals surface area contributed by atoms with Crippen molar-refractivity contribution < 1.29 is 22.7 Å². The van der Waals surface area contributed by atoms with Crippen molar-refractivity contribution in [1.29, 1.82) is 0 Å². The van der Waals surface area contributed by atoms with Gasteiger partial charge in [0.15, 0.2) is 0 Å². The maximum absolute atomic E-state index is 13.0. The maximum Gasteiger partial charge on any atom is 0.243 e. The normalized spacial score (nSPS) is 18.7. The van der Waals surface area contributed by atoms with Gasteiger partial charge < -0.3 is 10.1 Å². The minimum atomic E-state index is -3.67. The van der Waals surface area contributed by atoms with Gasteiger partial charge in [-0.3, -0.25) is 14.5 Å². The van der Waals surface area contributed by atoms with Crippen LogP contribution in [0.2, 0.25) is 5.02 Å². The van der Waals surface area contributed by atoms with Crippen molar-refractivity contribution >= 4 is 39.1 Å². The number of amides is 2. The molecule has 176 valence electrons. The highest BCUT2D eigenvalue weighted by Crippen LogP contribution is 2.35. The zero-order valence-electron chi connectivity index (χ0n) is 18.3. The molecule has 2 aromatic carbocycles. The number of hydrogen-bond acceptors (Lipinski definition) is 5. The number of anilines is 1. The smallest absolute Gasteiger partial charge is 0.243 e. The summed E-state index contributed by atoms with van der Waals surface area (Å²) in [4.78, 5) is 26.9. The maximum atomic E-state index is 13.0. The molecule has 0 saturated carbocycles. The van der Waals surface area contributed by atoms with Crippen molar-refractivity contribution in [3.63, 3.8) is 0 Å². The van der Waals surface area contributed by atoms with Gasteiger partial charge in [0, 0.05) is 43.7 Å². The summed E-state index contributed by atoms with van der Waals surface area (Å²) in [7, 11) is -3.67. The van der Waals surface area contributed by atoms with Crippen molar-refractivity contribution in [2.45, 2.75) is 30.7 Å². The Morgan fingerprint density at radius 3 is 2.58 bits per heavy atom. The molecule has 8 nitrogen and oxygen atoms in total. The summed E-state index contributed by atoms with van der Waals surface area (Å²) in [6, 6.07) is 11.4. The van der Waals surface area contributed by atoms with Crippen molar-refractivity contribution in [1.82, 2.24) is 9.62 Å². The van der Waals surface area contributed by atoms with E-state index in [2.05, 4.69) is 5.32 Å². The Morgan fingerprint density at radius 1 is 1.15 bits per heavy atom. The molecule has 1 fully saturated rings. The van der Waals surface area contributed by atoms with Gasteiger partial charge in [-0.2, -0.15) is 4.31 Å². The van der Waals surface area contributed by atoms with Gasteiger partial charge in [0.1, 0.15) is 6.04 Å². The molecule has 1 atom stereocenters. The van der Waals surface area contributed by atoms with Crippen LogP contribution >= 0.6 is 11.6 Å². The predicted octanol–water partition coefficient (Wildman–Crippen LogP) is 2.00. The van der Waals surface area contributed by atoms with Crippen LogP contribution in [0.4, 0.5) is 5.69 Å². The minimum Gasteiger partial charge on any atom is -0.379 e. The van der Waals surface area contributed by atoms with Crippen LogP contribution in [0.25, 0.3) is 0 Å². The summed E-state index contributed by atoms with van der Waals surface area (Å²) in [5.41, 5.74) is 2.15. The lowest BCUT2D eigenvalue weighted by Crippen LogP contribution is -2.47. The van der Waals surface area contributed by atoms with Crippen LogP contribution in [0, 0.1) is 0 Å². The second kappa shape index (κ2) is 9.80. The molecule has 0 spiro atoms. The van der Waals surface area contributed by atoms with Crippen LogP contribution in [0.1, 0.15) is 18.1 Å². The predicted molar refractivity (Wildman–Crippen MR) is 125 cm³/mol. The molecule has 0 aliphatic carbocycles. The number of hydrogen-bond donors (Lipinski definition) is 1. The third-order valence-corrected chi connectivity index (χ3v) is 8.20. The molecule has 2 heterocycles. The SMILES string of the molecule is CC(=O)N1c2ccc(S(=O)(=O)N3CCOCC3)cc2C[C@@H]1C(=O)NCCc1ccccc1Cl. The van der Waals surface area contributed by atoms with Gasteiger partial charge in [-0.05, 0) is 41.8 Å². The topological polar surface area (TPSA) is 96.0 Å². The Morgan fingerprint density at radius 2 is 1.88 bits per heavy atom. The number of nitrogens with one attached hydrogen (secondary N) is 1. The summed E-state index contributed by atoms with van der Waals surface area (Å²) in [6.07, 6.45) is 0.812. The van der Waals surface area contributed by atoms with Crippen molar-refractivity contribution in [2.75, 3.05) is 37.7 Å². The minimum absolute atomic E-state index is 0.159. The van der Waals surface area contributed by atoms with Crippen LogP contribution in [-0.2, 0) is 37.2 Å². The Balaban J connectivity index is 1.49. The lowest BCUT2D eigenvalue weighted by Gasteiger charge is -2.26. The first kappa shape index (κ1) is 23.7. The summed E-state index contributed by atoms with van der Waals surface area (Å²) in [6.45, 7) is 3.09. The Kier molecular flexibility index (Phi) is 7.04. The first-order valence-electron chi connectivity index (χ1n) is 10.8. The fourth-order valence-electron chi connectivity index (χ4n) is 4.26. The largest absolute Gasteiger partial charge is 0.379 e. The second-order valence-corrected chi connectivity index (χ2v) is 10.4. The molecule has 0 radical (unpaired) electrons. The van der Waals surface area contributed by atoms with E-state index in [0.29, 0.717) is 55.5 Å². The number of halogens is 1. The Hall–Kier alpha value is -2.46. The highest BCUT2D eigenvalue weighted by molar-refractivity contribution is 7.89.